The number of rotatable bonds is 2. The molecule has 0 radical (unpaired) electrons. The Morgan fingerprint density at radius 2 is 2.00 bits per heavy atom. The van der Waals surface area contributed by atoms with Gasteiger partial charge in [0.15, 0.2) is 0 Å². The number of imidazole rings is 1. The Morgan fingerprint density at radius 3 is 2.71 bits per heavy atom. The highest BCUT2D eigenvalue weighted by molar-refractivity contribution is 5.98. The van der Waals surface area contributed by atoms with Gasteiger partial charge in [-0.2, -0.15) is 0 Å². The van der Waals surface area contributed by atoms with E-state index < -0.39 is 24.5 Å². The molecule has 1 aliphatic carbocycles. The number of nitrogens with zero attached hydrogens (tertiary/aromatic N) is 5. The Kier molecular flexibility index (Phi) is 3.48. The van der Waals surface area contributed by atoms with Gasteiger partial charge in [-0.3, -0.25) is 4.79 Å². The minimum absolute atomic E-state index is 0.323. The minimum atomic E-state index is -2.64. The summed E-state index contributed by atoms with van der Waals surface area (Å²) in [4.78, 5) is 28.5. The van der Waals surface area contributed by atoms with E-state index in [1.807, 2.05) is 22.8 Å². The molecule has 2 aromatic heterocycles. The first kappa shape index (κ1) is 17.4. The van der Waals surface area contributed by atoms with E-state index in [1.165, 1.54) is 0 Å². The molecule has 0 spiro atoms. The van der Waals surface area contributed by atoms with Gasteiger partial charge in [-0.1, -0.05) is 18.1 Å². The molecule has 4 aromatic rings. The lowest BCUT2D eigenvalue weighted by atomic mass is 9.77. The van der Waals surface area contributed by atoms with E-state index >= 15 is 0 Å². The molecule has 172 valence electrons. The molecule has 1 saturated carbocycles. The topological polar surface area (TPSA) is 89.9 Å². The zero-order chi connectivity index (χ0) is 26.4. The van der Waals surface area contributed by atoms with Crippen molar-refractivity contribution in [3.8, 4) is 23.5 Å². The normalized spacial score (nSPS) is 23.4. The van der Waals surface area contributed by atoms with Crippen LogP contribution in [-0.2, 0) is 5.54 Å². The van der Waals surface area contributed by atoms with Crippen LogP contribution in [0.15, 0.2) is 48.8 Å². The average molecular weight is 464 g/mol. The van der Waals surface area contributed by atoms with Gasteiger partial charge in [0.2, 0.25) is 0 Å². The maximum atomic E-state index is 13.6. The standard InChI is InChI=1S/C28H24N6O/c1-3-16-6-4-7-19-24(16)22-13-23(33(2)26(19)35)25-32-20-9-8-17(12-21(20)34(22)25)18-14-30-27(31-15-18)28(29)10-5-11-28/h1,4,6-9,12,14-15,22-23H,5,10-11,13,29H2,2H3/t22-,23-/m1/s1/i2D3. The highest BCUT2D eigenvalue weighted by Crippen LogP contribution is 2.48. The van der Waals surface area contributed by atoms with E-state index in [-0.39, 0.29) is 6.04 Å². The van der Waals surface area contributed by atoms with E-state index in [9.17, 15) is 4.79 Å². The summed E-state index contributed by atoms with van der Waals surface area (Å²) >= 11 is 0. The van der Waals surface area contributed by atoms with Crippen LogP contribution in [0, 0.1) is 12.3 Å². The Balaban J connectivity index is 1.41. The molecule has 2 aliphatic heterocycles. The molecule has 7 nitrogen and oxygen atoms in total. The predicted octanol–water partition coefficient (Wildman–Crippen LogP) is 3.93. The van der Waals surface area contributed by atoms with Crippen molar-refractivity contribution in [3.63, 3.8) is 0 Å². The molecule has 35 heavy (non-hydrogen) atoms. The van der Waals surface area contributed by atoms with Gasteiger partial charge in [-0.05, 0) is 49.1 Å². The van der Waals surface area contributed by atoms with Gasteiger partial charge in [-0.15, -0.1) is 6.42 Å². The van der Waals surface area contributed by atoms with Gasteiger partial charge in [0.1, 0.15) is 11.6 Å². The number of carbonyl (C=O) groups excluding carboxylic acids is 1. The first-order valence-electron chi connectivity index (χ1n) is 13.3. The average Bonchev–Trinajstić information content (AvgIpc) is 3.39. The second-order valence-corrected chi connectivity index (χ2v) is 9.70. The van der Waals surface area contributed by atoms with Crippen molar-refractivity contribution in [1.82, 2.24) is 24.4 Å². The van der Waals surface area contributed by atoms with Crippen molar-refractivity contribution in [2.24, 2.45) is 5.73 Å². The van der Waals surface area contributed by atoms with Crippen molar-refractivity contribution >= 4 is 16.9 Å². The van der Waals surface area contributed by atoms with Crippen LogP contribution in [0.2, 0.25) is 0 Å². The van der Waals surface area contributed by atoms with Crippen molar-refractivity contribution < 1.29 is 8.91 Å². The fraction of sp³-hybridized carbons (Fsp3) is 0.286. The molecule has 1 amide bonds. The maximum Gasteiger partial charge on any atom is 0.254 e. The molecule has 2 aromatic carbocycles. The Bertz CT molecular complexity index is 1680. The lowest BCUT2D eigenvalue weighted by Crippen LogP contribution is -2.44. The second-order valence-electron chi connectivity index (χ2n) is 9.70. The van der Waals surface area contributed by atoms with E-state index in [1.54, 1.807) is 30.6 Å². The third-order valence-corrected chi connectivity index (χ3v) is 7.81. The molecule has 2 atom stereocenters. The Morgan fingerprint density at radius 1 is 1.17 bits per heavy atom. The van der Waals surface area contributed by atoms with Crippen LogP contribution >= 0.6 is 0 Å². The van der Waals surface area contributed by atoms with Crippen LogP contribution in [0.25, 0.3) is 22.2 Å². The molecule has 7 rings (SSSR count). The van der Waals surface area contributed by atoms with Gasteiger partial charge in [0.25, 0.3) is 5.91 Å². The van der Waals surface area contributed by atoms with Crippen LogP contribution < -0.4 is 5.73 Å². The third kappa shape index (κ3) is 2.71. The number of nitrogens with two attached hydrogens (primary N) is 1. The van der Waals surface area contributed by atoms with Crippen LogP contribution in [0.3, 0.4) is 0 Å². The molecule has 2 bridgehead atoms. The summed E-state index contributed by atoms with van der Waals surface area (Å²) < 4.78 is 26.6. The van der Waals surface area contributed by atoms with Crippen molar-refractivity contribution in [2.45, 2.75) is 43.3 Å². The highest BCUT2D eigenvalue weighted by Gasteiger charge is 2.44. The van der Waals surface area contributed by atoms with Gasteiger partial charge in [-0.25, -0.2) is 15.0 Å². The SMILES string of the molecule is [2H]C([2H])([2H])N1C(=O)c2cccc(C#C)c2[C@H]2C[C@@H]1c1nc3ccc(-c4cnc(C5(N)CCC5)nc4)cc3n12. The Hall–Kier alpha value is -4.02. The monoisotopic (exact) mass is 463 g/mol. The fourth-order valence-corrected chi connectivity index (χ4v) is 5.77. The molecule has 3 aliphatic rings. The molecule has 7 heteroatoms. The van der Waals surface area contributed by atoms with Gasteiger partial charge in [0, 0.05) is 52.2 Å². The molecular formula is C28H24N6O. The van der Waals surface area contributed by atoms with E-state index in [2.05, 4.69) is 15.9 Å². The van der Waals surface area contributed by atoms with Crippen LogP contribution in [0.4, 0.5) is 0 Å². The van der Waals surface area contributed by atoms with E-state index in [4.69, 9.17) is 21.3 Å². The summed E-state index contributed by atoms with van der Waals surface area (Å²) in [5.41, 5.74) is 10.8. The van der Waals surface area contributed by atoms with Gasteiger partial charge in [0.05, 0.1) is 28.7 Å². The van der Waals surface area contributed by atoms with E-state index in [0.717, 1.165) is 40.8 Å². The first-order chi connectivity index (χ1) is 18.2. The molecular weight excluding hydrogens is 436 g/mol. The predicted molar refractivity (Wildman–Crippen MR) is 132 cm³/mol. The van der Waals surface area contributed by atoms with Crippen molar-refractivity contribution in [1.29, 1.82) is 0 Å². The summed E-state index contributed by atoms with van der Waals surface area (Å²) in [6.45, 7) is -2.64. The number of carbonyl (C=O) groups is 1. The zero-order valence-corrected chi connectivity index (χ0v) is 18.9. The quantitative estimate of drug-likeness (QED) is 0.455. The zero-order valence-electron chi connectivity index (χ0n) is 21.9. The number of benzene rings is 2. The second kappa shape index (κ2) is 7.00. The number of amides is 1. The highest BCUT2D eigenvalue weighted by atomic mass is 16.2. The first-order valence-corrected chi connectivity index (χ1v) is 11.8. The summed E-state index contributed by atoms with van der Waals surface area (Å²) in [5.74, 6) is 3.36. The fourth-order valence-electron chi connectivity index (χ4n) is 5.77. The largest absolute Gasteiger partial charge is 0.331 e. The van der Waals surface area contributed by atoms with Gasteiger partial charge < -0.3 is 15.2 Å². The summed E-state index contributed by atoms with van der Waals surface area (Å²) in [7, 11) is 0. The number of hydrogen-bond donors (Lipinski definition) is 1. The van der Waals surface area contributed by atoms with E-state index in [0.29, 0.717) is 40.3 Å². The number of hydrogen-bond acceptors (Lipinski definition) is 5. The Labute approximate surface area is 207 Å². The smallest absolute Gasteiger partial charge is 0.254 e. The molecule has 0 saturated heterocycles. The van der Waals surface area contributed by atoms with Crippen molar-refractivity contribution in [3.05, 3.63) is 77.1 Å². The maximum absolute atomic E-state index is 13.6. The van der Waals surface area contributed by atoms with Crippen LogP contribution in [0.1, 0.15) is 75.0 Å². The van der Waals surface area contributed by atoms with Crippen LogP contribution in [0.5, 0.6) is 0 Å². The number of fused-ring (bicyclic) bond motifs is 9. The third-order valence-electron chi connectivity index (χ3n) is 7.81. The van der Waals surface area contributed by atoms with Gasteiger partial charge >= 0.3 is 0 Å². The minimum Gasteiger partial charge on any atom is -0.331 e. The molecule has 1 fully saturated rings. The molecule has 0 unspecified atom stereocenters. The summed E-state index contributed by atoms with van der Waals surface area (Å²) in [6.07, 6.45) is 12.7. The number of aromatic nitrogens is 4. The number of terminal acetylenes is 1. The van der Waals surface area contributed by atoms with Crippen molar-refractivity contribution in [2.75, 3.05) is 6.98 Å². The molecule has 2 N–H and O–H groups in total. The lowest BCUT2D eigenvalue weighted by Gasteiger charge is -2.36. The lowest BCUT2D eigenvalue weighted by molar-refractivity contribution is 0.0734. The summed E-state index contributed by atoms with van der Waals surface area (Å²) in [5, 5.41) is 0. The van der Waals surface area contributed by atoms with Crippen LogP contribution in [-0.4, -0.2) is 37.3 Å². The summed E-state index contributed by atoms with van der Waals surface area (Å²) in [6, 6.07) is 9.98. The molecule has 4 heterocycles.